The minimum atomic E-state index is -0.186. The second-order valence-corrected chi connectivity index (χ2v) is 9.64. The van der Waals surface area contributed by atoms with Crippen LogP contribution in [0.2, 0.25) is 0 Å². The van der Waals surface area contributed by atoms with E-state index in [1.165, 1.54) is 0 Å². The zero-order chi connectivity index (χ0) is 27.8. The first-order chi connectivity index (χ1) is 18.9. The molecule has 10 nitrogen and oxygen atoms in total. The second-order valence-electron chi connectivity index (χ2n) is 9.64. The summed E-state index contributed by atoms with van der Waals surface area (Å²) in [4.78, 5) is 34.1. The molecule has 0 radical (unpaired) electrons. The molecule has 10 heteroatoms. The van der Waals surface area contributed by atoms with Crippen molar-refractivity contribution in [3.05, 3.63) is 66.2 Å². The fraction of sp³-hybridized carbons (Fsp3) is 0.379. The molecule has 0 aliphatic carbocycles. The van der Waals surface area contributed by atoms with Gasteiger partial charge in [0.1, 0.15) is 18.0 Å². The van der Waals surface area contributed by atoms with Crippen LogP contribution in [0.15, 0.2) is 60.7 Å². The highest BCUT2D eigenvalue weighted by Gasteiger charge is 2.26. The molecule has 2 heterocycles. The van der Waals surface area contributed by atoms with Crippen LogP contribution in [0.1, 0.15) is 10.4 Å². The van der Waals surface area contributed by atoms with Crippen molar-refractivity contribution in [1.82, 2.24) is 24.9 Å². The van der Waals surface area contributed by atoms with Crippen molar-refractivity contribution in [1.29, 1.82) is 0 Å². The average Bonchev–Trinajstić information content (AvgIpc) is 2.99. The van der Waals surface area contributed by atoms with E-state index in [0.29, 0.717) is 50.6 Å². The highest BCUT2D eigenvalue weighted by Crippen LogP contribution is 2.23. The number of likely N-dealkylation sites (N-methyl/N-ethyl adjacent to an activating group) is 1. The van der Waals surface area contributed by atoms with Gasteiger partial charge in [-0.05, 0) is 56.6 Å². The van der Waals surface area contributed by atoms with Crippen molar-refractivity contribution in [2.24, 2.45) is 0 Å². The van der Waals surface area contributed by atoms with Crippen molar-refractivity contribution >= 4 is 17.6 Å². The van der Waals surface area contributed by atoms with Crippen LogP contribution in [0.5, 0.6) is 11.5 Å². The maximum absolute atomic E-state index is 13.3. The standard InChI is InChI=1S/C29H36N6O4/c1-32(2)13-14-35(29(37)23-8-6-10-25(20-23)39-4)21-28(36)34-17-15-33(16-18-34)27-12-11-26(30-31-27)22-7-5-9-24(19-22)38-3/h5-12,19-20H,13-18,21H2,1-4H3. The normalized spacial score (nSPS) is 13.4. The molecule has 0 unspecified atom stereocenters. The summed E-state index contributed by atoms with van der Waals surface area (Å²) in [6.45, 7) is 3.51. The van der Waals surface area contributed by atoms with Crippen LogP contribution >= 0.6 is 0 Å². The molecule has 1 aliphatic heterocycles. The highest BCUT2D eigenvalue weighted by molar-refractivity contribution is 5.97. The molecule has 0 bridgehead atoms. The third-order valence-electron chi connectivity index (χ3n) is 6.72. The maximum atomic E-state index is 13.3. The number of aromatic nitrogens is 2. The number of carbonyl (C=O) groups is 2. The fourth-order valence-electron chi connectivity index (χ4n) is 4.39. The quantitative estimate of drug-likeness (QED) is 0.394. The van der Waals surface area contributed by atoms with E-state index in [4.69, 9.17) is 9.47 Å². The van der Waals surface area contributed by atoms with E-state index in [0.717, 1.165) is 22.8 Å². The Morgan fingerprint density at radius 1 is 0.846 bits per heavy atom. The summed E-state index contributed by atoms with van der Waals surface area (Å²) < 4.78 is 10.6. The molecule has 2 aromatic carbocycles. The summed E-state index contributed by atoms with van der Waals surface area (Å²) >= 11 is 0. The van der Waals surface area contributed by atoms with E-state index in [1.807, 2.05) is 60.3 Å². The Hall–Kier alpha value is -4.18. The molecule has 0 spiro atoms. The molecule has 0 atom stereocenters. The maximum Gasteiger partial charge on any atom is 0.254 e. The molecule has 1 aliphatic rings. The lowest BCUT2D eigenvalue weighted by molar-refractivity contribution is -0.132. The van der Waals surface area contributed by atoms with E-state index in [9.17, 15) is 9.59 Å². The molecular weight excluding hydrogens is 496 g/mol. The number of ether oxygens (including phenoxy) is 2. The Labute approximate surface area is 229 Å². The molecule has 3 aromatic rings. The van der Waals surface area contributed by atoms with Gasteiger partial charge in [-0.15, -0.1) is 10.2 Å². The summed E-state index contributed by atoms with van der Waals surface area (Å²) in [5.74, 6) is 1.90. The number of nitrogens with zero attached hydrogens (tertiary/aromatic N) is 6. The Morgan fingerprint density at radius 2 is 1.54 bits per heavy atom. The van der Waals surface area contributed by atoms with Gasteiger partial charge in [0.25, 0.3) is 5.91 Å². The van der Waals surface area contributed by atoms with E-state index in [2.05, 4.69) is 15.1 Å². The molecule has 39 heavy (non-hydrogen) atoms. The van der Waals surface area contributed by atoms with Gasteiger partial charge in [-0.3, -0.25) is 9.59 Å². The lowest BCUT2D eigenvalue weighted by Crippen LogP contribution is -2.52. The topological polar surface area (TPSA) is 91.3 Å². The highest BCUT2D eigenvalue weighted by atomic mass is 16.5. The number of rotatable bonds is 10. The van der Waals surface area contributed by atoms with Crippen LogP contribution < -0.4 is 14.4 Å². The number of benzene rings is 2. The minimum absolute atomic E-state index is 0.0267. The summed E-state index contributed by atoms with van der Waals surface area (Å²) in [6.07, 6.45) is 0. The van der Waals surface area contributed by atoms with Gasteiger partial charge in [-0.1, -0.05) is 18.2 Å². The predicted octanol–water partition coefficient (Wildman–Crippen LogP) is 2.51. The molecule has 206 valence electrons. The molecule has 0 saturated carbocycles. The molecule has 1 aromatic heterocycles. The zero-order valence-electron chi connectivity index (χ0n) is 23.0. The Balaban J connectivity index is 1.36. The summed E-state index contributed by atoms with van der Waals surface area (Å²) in [5.41, 5.74) is 2.21. The lowest BCUT2D eigenvalue weighted by Gasteiger charge is -2.36. The SMILES string of the molecule is COc1cccc(C(=O)N(CCN(C)C)CC(=O)N2CCN(c3ccc(-c4cccc(OC)c4)nn3)CC2)c1. The fourth-order valence-corrected chi connectivity index (χ4v) is 4.39. The number of hydrogen-bond acceptors (Lipinski definition) is 8. The molecule has 2 amide bonds. The first-order valence-corrected chi connectivity index (χ1v) is 13.0. The van der Waals surface area contributed by atoms with Crippen LogP contribution in [-0.2, 0) is 4.79 Å². The molecular formula is C29H36N6O4. The monoisotopic (exact) mass is 532 g/mol. The van der Waals surface area contributed by atoms with Gasteiger partial charge < -0.3 is 29.1 Å². The van der Waals surface area contributed by atoms with Crippen molar-refractivity contribution in [2.75, 3.05) is 79.0 Å². The van der Waals surface area contributed by atoms with Crippen LogP contribution in [0.3, 0.4) is 0 Å². The number of hydrogen-bond donors (Lipinski definition) is 0. The van der Waals surface area contributed by atoms with Gasteiger partial charge in [0.15, 0.2) is 5.82 Å². The first kappa shape index (κ1) is 27.8. The Bertz CT molecular complexity index is 1260. The summed E-state index contributed by atoms with van der Waals surface area (Å²) in [7, 11) is 7.10. The second kappa shape index (κ2) is 13.1. The smallest absolute Gasteiger partial charge is 0.254 e. The van der Waals surface area contributed by atoms with Crippen molar-refractivity contribution in [3.8, 4) is 22.8 Å². The lowest BCUT2D eigenvalue weighted by atomic mass is 10.1. The Kier molecular flexibility index (Phi) is 9.32. The molecule has 4 rings (SSSR count). The number of carbonyl (C=O) groups excluding carboxylic acids is 2. The summed E-state index contributed by atoms with van der Waals surface area (Å²) in [5, 5.41) is 8.83. The van der Waals surface area contributed by atoms with Gasteiger partial charge in [0.05, 0.1) is 19.9 Å². The van der Waals surface area contributed by atoms with Gasteiger partial charge in [-0.2, -0.15) is 0 Å². The van der Waals surface area contributed by atoms with Gasteiger partial charge in [0.2, 0.25) is 5.91 Å². The van der Waals surface area contributed by atoms with Crippen molar-refractivity contribution < 1.29 is 19.1 Å². The number of methoxy groups -OCH3 is 2. The largest absolute Gasteiger partial charge is 0.497 e. The van der Waals surface area contributed by atoms with Crippen LogP contribution in [0.4, 0.5) is 5.82 Å². The zero-order valence-corrected chi connectivity index (χ0v) is 23.0. The third kappa shape index (κ3) is 7.23. The van der Waals surface area contributed by atoms with E-state index in [1.54, 1.807) is 43.4 Å². The van der Waals surface area contributed by atoms with Crippen molar-refractivity contribution in [2.45, 2.75) is 0 Å². The molecule has 0 N–H and O–H groups in total. The van der Waals surface area contributed by atoms with Crippen LogP contribution in [0, 0.1) is 0 Å². The average molecular weight is 533 g/mol. The first-order valence-electron chi connectivity index (χ1n) is 13.0. The van der Waals surface area contributed by atoms with Gasteiger partial charge in [-0.25, -0.2) is 0 Å². The van der Waals surface area contributed by atoms with Gasteiger partial charge in [0, 0.05) is 50.4 Å². The van der Waals surface area contributed by atoms with Gasteiger partial charge >= 0.3 is 0 Å². The Morgan fingerprint density at radius 3 is 2.18 bits per heavy atom. The molecule has 1 saturated heterocycles. The summed E-state index contributed by atoms with van der Waals surface area (Å²) in [6, 6.07) is 18.6. The van der Waals surface area contributed by atoms with E-state index < -0.39 is 0 Å². The number of anilines is 1. The van der Waals surface area contributed by atoms with E-state index >= 15 is 0 Å². The van der Waals surface area contributed by atoms with Crippen molar-refractivity contribution in [3.63, 3.8) is 0 Å². The number of piperazine rings is 1. The predicted molar refractivity (Wildman–Crippen MR) is 150 cm³/mol. The van der Waals surface area contributed by atoms with Crippen LogP contribution in [-0.4, -0.2) is 111 Å². The minimum Gasteiger partial charge on any atom is -0.497 e. The molecule has 1 fully saturated rings. The van der Waals surface area contributed by atoms with E-state index in [-0.39, 0.29) is 18.4 Å². The van der Waals surface area contributed by atoms with Crippen LogP contribution in [0.25, 0.3) is 11.3 Å². The third-order valence-corrected chi connectivity index (χ3v) is 6.72. The number of amides is 2.